The zero-order valence-electron chi connectivity index (χ0n) is 10.9. The number of hydrogen-bond donors (Lipinski definition) is 0. The maximum absolute atomic E-state index is 15.1. The summed E-state index contributed by atoms with van der Waals surface area (Å²) in [7, 11) is 0. The highest BCUT2D eigenvalue weighted by Crippen LogP contribution is 2.40. The van der Waals surface area contributed by atoms with Crippen molar-refractivity contribution in [1.29, 1.82) is 0 Å². The number of hydrogen-bond acceptors (Lipinski definition) is 0. The van der Waals surface area contributed by atoms with Gasteiger partial charge in [-0.15, -0.1) is 0 Å². The van der Waals surface area contributed by atoms with E-state index in [2.05, 4.69) is 15.9 Å². The molecule has 100 valence electrons. The molecule has 3 rings (SSSR count). The monoisotopic (exact) mass is 328 g/mol. The van der Waals surface area contributed by atoms with E-state index in [4.69, 9.17) is 0 Å². The van der Waals surface area contributed by atoms with Crippen LogP contribution in [0.25, 0.3) is 5.57 Å². The molecule has 2 aromatic rings. The van der Waals surface area contributed by atoms with E-state index >= 15 is 4.39 Å². The fourth-order valence-electron chi connectivity index (χ4n) is 2.46. The molecule has 0 nitrogen and oxygen atoms in total. The molecule has 0 aliphatic heterocycles. The predicted molar refractivity (Wildman–Crippen MR) is 85.1 cm³/mol. The molecule has 0 heterocycles. The first-order valence-electron chi connectivity index (χ1n) is 6.58. The molecule has 0 fully saturated rings. The Morgan fingerprint density at radius 3 is 2.30 bits per heavy atom. The molecule has 0 spiro atoms. The number of benzene rings is 2. The van der Waals surface area contributed by atoms with Crippen LogP contribution in [0.2, 0.25) is 0 Å². The van der Waals surface area contributed by atoms with Gasteiger partial charge in [-0.1, -0.05) is 76.6 Å². The van der Waals surface area contributed by atoms with E-state index in [0.29, 0.717) is 12.0 Å². The average Bonchev–Trinajstić information content (AvgIpc) is 2.49. The molecule has 0 aromatic heterocycles. The zero-order valence-corrected chi connectivity index (χ0v) is 12.5. The second kappa shape index (κ2) is 5.37. The number of halogens is 2. The lowest BCUT2D eigenvalue weighted by Crippen LogP contribution is -2.19. The van der Waals surface area contributed by atoms with Crippen LogP contribution >= 0.6 is 15.9 Å². The second-order valence-electron chi connectivity index (χ2n) is 4.91. The van der Waals surface area contributed by atoms with Crippen molar-refractivity contribution >= 4 is 21.5 Å². The zero-order chi connectivity index (χ0) is 14.0. The van der Waals surface area contributed by atoms with E-state index in [-0.39, 0.29) is 0 Å². The molecule has 1 atom stereocenters. The highest BCUT2D eigenvalue weighted by Gasteiger charge is 2.31. The molecule has 1 aliphatic rings. The van der Waals surface area contributed by atoms with E-state index < -0.39 is 5.67 Å². The van der Waals surface area contributed by atoms with Crippen LogP contribution in [-0.2, 0) is 5.67 Å². The fourth-order valence-corrected chi connectivity index (χ4v) is 3.07. The van der Waals surface area contributed by atoms with Crippen molar-refractivity contribution < 1.29 is 4.39 Å². The predicted octanol–water partition coefficient (Wildman–Crippen LogP) is 5.66. The minimum atomic E-state index is -1.43. The first-order valence-corrected chi connectivity index (χ1v) is 7.37. The third-order valence-electron chi connectivity index (χ3n) is 3.57. The molecular weight excluding hydrogens is 315 g/mol. The molecule has 20 heavy (non-hydrogen) atoms. The lowest BCUT2D eigenvalue weighted by atomic mass is 9.86. The summed E-state index contributed by atoms with van der Waals surface area (Å²) in [5, 5.41) is 0. The Balaban J connectivity index is 1.91. The second-order valence-corrected chi connectivity index (χ2v) is 5.76. The summed E-state index contributed by atoms with van der Waals surface area (Å²) in [5.74, 6) is 0. The highest BCUT2D eigenvalue weighted by molar-refractivity contribution is 9.10. The molecule has 2 heteroatoms. The van der Waals surface area contributed by atoms with Crippen molar-refractivity contribution in [3.8, 4) is 0 Å². The SMILES string of the molecule is FC1(c2ccccc2Br)C=CC(c2ccccc2)=CC1. The van der Waals surface area contributed by atoms with Crippen LogP contribution in [0.4, 0.5) is 4.39 Å². The first-order chi connectivity index (χ1) is 9.69. The quantitative estimate of drug-likeness (QED) is 0.667. The van der Waals surface area contributed by atoms with Gasteiger partial charge in [0.15, 0.2) is 5.67 Å². The van der Waals surface area contributed by atoms with Gasteiger partial charge in [-0.05, 0) is 23.3 Å². The topological polar surface area (TPSA) is 0 Å². The van der Waals surface area contributed by atoms with E-state index in [0.717, 1.165) is 15.6 Å². The third-order valence-corrected chi connectivity index (χ3v) is 4.27. The molecule has 0 saturated heterocycles. The maximum atomic E-state index is 15.1. The lowest BCUT2D eigenvalue weighted by Gasteiger charge is -2.25. The summed E-state index contributed by atoms with van der Waals surface area (Å²) in [6.45, 7) is 0. The van der Waals surface area contributed by atoms with Crippen molar-refractivity contribution in [3.05, 3.63) is 88.4 Å². The Morgan fingerprint density at radius 2 is 1.65 bits per heavy atom. The third kappa shape index (κ3) is 2.48. The smallest absolute Gasteiger partial charge is 0.159 e. The van der Waals surface area contributed by atoms with Crippen LogP contribution in [-0.4, -0.2) is 0 Å². The Hall–Kier alpha value is -1.67. The molecule has 0 saturated carbocycles. The number of rotatable bonds is 2. The molecule has 0 N–H and O–H groups in total. The van der Waals surface area contributed by atoms with Crippen LogP contribution in [0, 0.1) is 0 Å². The van der Waals surface area contributed by atoms with Gasteiger partial charge in [0.25, 0.3) is 0 Å². The molecule has 2 aromatic carbocycles. The van der Waals surface area contributed by atoms with Gasteiger partial charge in [0.05, 0.1) is 0 Å². The molecule has 1 unspecified atom stereocenters. The van der Waals surface area contributed by atoms with E-state index in [1.54, 1.807) is 6.08 Å². The summed E-state index contributed by atoms with van der Waals surface area (Å²) in [6.07, 6.45) is 5.86. The lowest BCUT2D eigenvalue weighted by molar-refractivity contribution is 0.235. The maximum Gasteiger partial charge on any atom is 0.159 e. The first kappa shape index (κ1) is 13.3. The standard InChI is InChI=1S/C18H14BrF/c19-17-9-5-4-8-16(17)18(20)12-10-15(11-13-18)14-6-2-1-3-7-14/h1-12H,13H2. The van der Waals surface area contributed by atoms with E-state index in [9.17, 15) is 0 Å². The molecule has 0 radical (unpaired) electrons. The van der Waals surface area contributed by atoms with Crippen molar-refractivity contribution in [3.63, 3.8) is 0 Å². The van der Waals surface area contributed by atoms with Crippen LogP contribution in [0.1, 0.15) is 17.5 Å². The molecule has 1 aliphatic carbocycles. The van der Waals surface area contributed by atoms with Crippen LogP contribution in [0.15, 0.2) is 77.3 Å². The summed E-state index contributed by atoms with van der Waals surface area (Å²) in [5.41, 5.74) is 1.45. The largest absolute Gasteiger partial charge is 0.234 e. The summed E-state index contributed by atoms with van der Waals surface area (Å²) in [4.78, 5) is 0. The average molecular weight is 329 g/mol. The van der Waals surface area contributed by atoms with Crippen LogP contribution in [0.3, 0.4) is 0 Å². The number of allylic oxidation sites excluding steroid dienone is 4. The van der Waals surface area contributed by atoms with Gasteiger partial charge in [-0.25, -0.2) is 4.39 Å². The minimum Gasteiger partial charge on any atom is -0.234 e. The van der Waals surface area contributed by atoms with Gasteiger partial charge in [0, 0.05) is 16.5 Å². The van der Waals surface area contributed by atoms with Crippen LogP contribution in [0.5, 0.6) is 0 Å². The normalized spacial score (nSPS) is 21.6. The van der Waals surface area contributed by atoms with Crippen molar-refractivity contribution in [2.45, 2.75) is 12.1 Å². The van der Waals surface area contributed by atoms with Gasteiger partial charge in [0.2, 0.25) is 0 Å². The van der Waals surface area contributed by atoms with Crippen molar-refractivity contribution in [1.82, 2.24) is 0 Å². The van der Waals surface area contributed by atoms with Gasteiger partial charge in [-0.3, -0.25) is 0 Å². The Bertz CT molecular complexity index is 673. The highest BCUT2D eigenvalue weighted by atomic mass is 79.9. The molecular formula is C18H14BrF. The van der Waals surface area contributed by atoms with E-state index in [1.807, 2.05) is 66.7 Å². The van der Waals surface area contributed by atoms with Gasteiger partial charge in [0.1, 0.15) is 0 Å². The van der Waals surface area contributed by atoms with Crippen molar-refractivity contribution in [2.24, 2.45) is 0 Å². The molecule has 0 amide bonds. The van der Waals surface area contributed by atoms with Crippen molar-refractivity contribution in [2.75, 3.05) is 0 Å². The van der Waals surface area contributed by atoms with Gasteiger partial charge < -0.3 is 0 Å². The number of alkyl halides is 1. The fraction of sp³-hybridized carbons (Fsp3) is 0.111. The van der Waals surface area contributed by atoms with Gasteiger partial charge >= 0.3 is 0 Å². The summed E-state index contributed by atoms with van der Waals surface area (Å²) in [6, 6.07) is 17.5. The van der Waals surface area contributed by atoms with E-state index in [1.165, 1.54) is 0 Å². The Morgan fingerprint density at radius 1 is 0.950 bits per heavy atom. The van der Waals surface area contributed by atoms with Gasteiger partial charge in [-0.2, -0.15) is 0 Å². The summed E-state index contributed by atoms with van der Waals surface area (Å²) < 4.78 is 15.9. The molecule has 0 bridgehead atoms. The summed E-state index contributed by atoms with van der Waals surface area (Å²) >= 11 is 3.43. The van der Waals surface area contributed by atoms with Crippen LogP contribution < -0.4 is 0 Å². The minimum absolute atomic E-state index is 0.357. The Kier molecular flexibility index (Phi) is 3.58. The Labute approximate surface area is 126 Å².